The lowest BCUT2D eigenvalue weighted by molar-refractivity contribution is -0.112. The van der Waals surface area contributed by atoms with Crippen LogP contribution in [0, 0.1) is 11.3 Å². The first kappa shape index (κ1) is 15.8. The van der Waals surface area contributed by atoms with Gasteiger partial charge in [0.25, 0.3) is 5.91 Å². The van der Waals surface area contributed by atoms with Crippen LogP contribution in [0.4, 0.5) is 5.69 Å². The topological polar surface area (TPSA) is 62.1 Å². The van der Waals surface area contributed by atoms with Crippen LogP contribution in [0.5, 0.6) is 5.75 Å². The molecule has 22 heavy (non-hydrogen) atoms. The minimum atomic E-state index is -0.455. The van der Waals surface area contributed by atoms with E-state index in [-0.39, 0.29) is 5.57 Å². The second kappa shape index (κ2) is 7.43. The molecule has 2 aromatic rings. The van der Waals surface area contributed by atoms with Gasteiger partial charge in [0.1, 0.15) is 17.4 Å². The summed E-state index contributed by atoms with van der Waals surface area (Å²) in [7, 11) is 1.57. The molecule has 0 atom stereocenters. The van der Waals surface area contributed by atoms with Gasteiger partial charge in [0.15, 0.2) is 0 Å². The average Bonchev–Trinajstić information content (AvgIpc) is 2.54. The molecule has 5 heteroatoms. The Kier molecular flexibility index (Phi) is 5.34. The highest BCUT2D eigenvalue weighted by Gasteiger charge is 2.10. The maximum Gasteiger partial charge on any atom is 0.266 e. The Morgan fingerprint density at radius 3 is 2.50 bits per heavy atom. The van der Waals surface area contributed by atoms with E-state index in [9.17, 15) is 10.1 Å². The Labute approximate surface area is 137 Å². The zero-order chi connectivity index (χ0) is 15.9. The first-order chi connectivity index (χ1) is 10.6. The molecule has 0 fully saturated rings. The van der Waals surface area contributed by atoms with E-state index in [4.69, 9.17) is 4.74 Å². The highest BCUT2D eigenvalue weighted by molar-refractivity contribution is 9.10. The van der Waals surface area contributed by atoms with Gasteiger partial charge < -0.3 is 10.1 Å². The van der Waals surface area contributed by atoms with Crippen LogP contribution in [-0.2, 0) is 4.79 Å². The Bertz CT molecular complexity index is 746. The van der Waals surface area contributed by atoms with E-state index in [0.29, 0.717) is 11.4 Å². The third-order valence-electron chi connectivity index (χ3n) is 2.92. The number of benzene rings is 2. The van der Waals surface area contributed by atoms with Gasteiger partial charge in [-0.15, -0.1) is 0 Å². The molecule has 0 aromatic heterocycles. The van der Waals surface area contributed by atoms with Gasteiger partial charge >= 0.3 is 0 Å². The highest BCUT2D eigenvalue weighted by Crippen LogP contribution is 2.20. The SMILES string of the molecule is COc1ccc(NC(=O)C(C#N)=Cc2ccccc2Br)cc1. The van der Waals surface area contributed by atoms with E-state index in [1.165, 1.54) is 0 Å². The molecule has 0 saturated carbocycles. The molecule has 0 aliphatic carbocycles. The summed E-state index contributed by atoms with van der Waals surface area (Å²) in [5.74, 6) is 0.241. The number of nitrogens with zero attached hydrogens (tertiary/aromatic N) is 1. The molecule has 4 nitrogen and oxygen atoms in total. The van der Waals surface area contributed by atoms with Crippen LogP contribution in [0.2, 0.25) is 0 Å². The monoisotopic (exact) mass is 356 g/mol. The highest BCUT2D eigenvalue weighted by atomic mass is 79.9. The molecule has 0 radical (unpaired) electrons. The van der Waals surface area contributed by atoms with Gasteiger partial charge in [-0.05, 0) is 42.0 Å². The number of halogens is 1. The zero-order valence-electron chi connectivity index (χ0n) is 11.8. The van der Waals surface area contributed by atoms with Gasteiger partial charge in [-0.3, -0.25) is 4.79 Å². The zero-order valence-corrected chi connectivity index (χ0v) is 13.4. The van der Waals surface area contributed by atoms with E-state index < -0.39 is 5.91 Å². The molecule has 2 aromatic carbocycles. The minimum absolute atomic E-state index is 0.0303. The summed E-state index contributed by atoms with van der Waals surface area (Å²) in [6.45, 7) is 0. The van der Waals surface area contributed by atoms with Crippen molar-refractivity contribution >= 4 is 33.6 Å². The summed E-state index contributed by atoms with van der Waals surface area (Å²) in [4.78, 5) is 12.2. The van der Waals surface area contributed by atoms with E-state index in [1.54, 1.807) is 37.5 Å². The lowest BCUT2D eigenvalue weighted by Gasteiger charge is -2.06. The molecule has 0 bridgehead atoms. The minimum Gasteiger partial charge on any atom is -0.497 e. The second-order valence-corrected chi connectivity index (χ2v) is 5.23. The van der Waals surface area contributed by atoms with Crippen LogP contribution in [0.1, 0.15) is 5.56 Å². The van der Waals surface area contributed by atoms with Crippen LogP contribution in [0.25, 0.3) is 6.08 Å². The Balaban J connectivity index is 2.19. The number of anilines is 1. The van der Waals surface area contributed by atoms with E-state index in [0.717, 1.165) is 10.0 Å². The number of carbonyl (C=O) groups is 1. The molecule has 2 rings (SSSR count). The van der Waals surface area contributed by atoms with E-state index in [2.05, 4.69) is 21.2 Å². The number of methoxy groups -OCH3 is 1. The number of hydrogen-bond acceptors (Lipinski definition) is 3. The van der Waals surface area contributed by atoms with Crippen molar-refractivity contribution in [3.63, 3.8) is 0 Å². The summed E-state index contributed by atoms with van der Waals surface area (Å²) in [5, 5.41) is 11.9. The molecule has 0 saturated heterocycles. The number of carbonyl (C=O) groups excluding carboxylic acids is 1. The lowest BCUT2D eigenvalue weighted by atomic mass is 10.1. The standard InChI is InChI=1S/C17H13BrN2O2/c1-22-15-8-6-14(7-9-15)20-17(21)13(11-19)10-12-4-2-3-5-16(12)18/h2-10H,1H3,(H,20,21). The third-order valence-corrected chi connectivity index (χ3v) is 3.64. The third kappa shape index (κ3) is 3.96. The number of nitrogens with one attached hydrogen (secondary N) is 1. The lowest BCUT2D eigenvalue weighted by Crippen LogP contribution is -2.13. The van der Waals surface area contributed by atoms with Crippen molar-refractivity contribution in [2.24, 2.45) is 0 Å². The van der Waals surface area contributed by atoms with Crippen LogP contribution >= 0.6 is 15.9 Å². The van der Waals surface area contributed by atoms with Gasteiger partial charge in [0.05, 0.1) is 7.11 Å². The summed E-state index contributed by atoms with van der Waals surface area (Å²) in [6.07, 6.45) is 1.54. The van der Waals surface area contributed by atoms with Crippen molar-refractivity contribution in [1.29, 1.82) is 5.26 Å². The average molecular weight is 357 g/mol. The largest absolute Gasteiger partial charge is 0.497 e. The van der Waals surface area contributed by atoms with E-state index in [1.807, 2.05) is 30.3 Å². The molecule has 0 unspecified atom stereocenters. The Morgan fingerprint density at radius 2 is 1.91 bits per heavy atom. The Hall–Kier alpha value is -2.58. The molecule has 0 aliphatic rings. The first-order valence-corrected chi connectivity index (χ1v) is 7.25. The van der Waals surface area contributed by atoms with Crippen LogP contribution < -0.4 is 10.1 Å². The van der Waals surface area contributed by atoms with Crippen molar-refractivity contribution in [2.75, 3.05) is 12.4 Å². The van der Waals surface area contributed by atoms with Gasteiger partial charge in [-0.25, -0.2) is 0 Å². The number of hydrogen-bond donors (Lipinski definition) is 1. The maximum atomic E-state index is 12.2. The number of amides is 1. The van der Waals surface area contributed by atoms with Crippen LogP contribution in [0.15, 0.2) is 58.6 Å². The fraction of sp³-hybridized carbons (Fsp3) is 0.0588. The maximum absolute atomic E-state index is 12.2. The summed E-state index contributed by atoms with van der Waals surface area (Å²) in [6, 6.07) is 16.2. The Morgan fingerprint density at radius 1 is 1.23 bits per heavy atom. The summed E-state index contributed by atoms with van der Waals surface area (Å²) < 4.78 is 5.87. The van der Waals surface area contributed by atoms with Gasteiger partial charge in [0, 0.05) is 10.2 Å². The van der Waals surface area contributed by atoms with Gasteiger partial charge in [-0.2, -0.15) is 5.26 Å². The van der Waals surface area contributed by atoms with Crippen molar-refractivity contribution in [3.05, 3.63) is 64.1 Å². The first-order valence-electron chi connectivity index (χ1n) is 6.46. The van der Waals surface area contributed by atoms with Gasteiger partial charge in [-0.1, -0.05) is 34.1 Å². The van der Waals surface area contributed by atoms with Crippen LogP contribution in [0.3, 0.4) is 0 Å². The molecule has 1 N–H and O–H groups in total. The van der Waals surface area contributed by atoms with Crippen molar-refractivity contribution in [2.45, 2.75) is 0 Å². The van der Waals surface area contributed by atoms with Crippen LogP contribution in [-0.4, -0.2) is 13.0 Å². The predicted octanol–water partition coefficient (Wildman–Crippen LogP) is 4.00. The molecule has 0 spiro atoms. The van der Waals surface area contributed by atoms with E-state index >= 15 is 0 Å². The van der Waals surface area contributed by atoms with Crippen molar-refractivity contribution < 1.29 is 9.53 Å². The molecular formula is C17H13BrN2O2. The summed E-state index contributed by atoms with van der Waals surface area (Å²) >= 11 is 3.39. The summed E-state index contributed by atoms with van der Waals surface area (Å²) in [5.41, 5.74) is 1.39. The van der Waals surface area contributed by atoms with Gasteiger partial charge in [0.2, 0.25) is 0 Å². The molecule has 0 aliphatic heterocycles. The molecule has 1 amide bonds. The smallest absolute Gasteiger partial charge is 0.266 e. The van der Waals surface area contributed by atoms with Crippen molar-refractivity contribution in [3.8, 4) is 11.8 Å². The molecular weight excluding hydrogens is 344 g/mol. The number of ether oxygens (including phenoxy) is 1. The quantitative estimate of drug-likeness (QED) is 0.665. The fourth-order valence-electron chi connectivity index (χ4n) is 1.77. The molecule has 110 valence electrons. The molecule has 0 heterocycles. The number of nitriles is 1. The second-order valence-electron chi connectivity index (χ2n) is 4.37. The number of rotatable bonds is 4. The fourth-order valence-corrected chi connectivity index (χ4v) is 2.17. The predicted molar refractivity (Wildman–Crippen MR) is 89.4 cm³/mol. The van der Waals surface area contributed by atoms with Crippen molar-refractivity contribution in [1.82, 2.24) is 0 Å². The normalized spacial score (nSPS) is 10.7.